The molecular formula is C18H17ClN2. The smallest absolute Gasteiger partial charge is 0.0726 e. The number of pyridine rings is 1. The second kappa shape index (κ2) is 5.74. The lowest BCUT2D eigenvalue weighted by Gasteiger charge is -2.14. The van der Waals surface area contributed by atoms with E-state index in [1.807, 2.05) is 6.07 Å². The summed E-state index contributed by atoms with van der Waals surface area (Å²) < 4.78 is 0. The van der Waals surface area contributed by atoms with Gasteiger partial charge in [-0.3, -0.25) is 4.98 Å². The summed E-state index contributed by atoms with van der Waals surface area (Å²) in [7, 11) is 0. The predicted molar refractivity (Wildman–Crippen MR) is 90.7 cm³/mol. The zero-order valence-corrected chi connectivity index (χ0v) is 12.5. The second-order valence-electron chi connectivity index (χ2n) is 5.27. The maximum Gasteiger partial charge on any atom is 0.0726 e. The lowest BCUT2D eigenvalue weighted by atomic mass is 10.1. The number of nitrogens with zero attached hydrogens (tertiary/aromatic N) is 1. The van der Waals surface area contributed by atoms with E-state index in [0.717, 1.165) is 24.0 Å². The highest BCUT2D eigenvalue weighted by Gasteiger charge is 2.19. The summed E-state index contributed by atoms with van der Waals surface area (Å²) in [4.78, 5) is 4.82. The molecule has 0 unspecified atom stereocenters. The van der Waals surface area contributed by atoms with Crippen molar-refractivity contribution in [1.29, 1.82) is 0 Å². The van der Waals surface area contributed by atoms with Crippen molar-refractivity contribution in [2.45, 2.75) is 19.3 Å². The Morgan fingerprint density at radius 2 is 1.62 bits per heavy atom. The molecule has 1 heterocycles. The molecule has 0 amide bonds. The molecule has 0 saturated carbocycles. The van der Waals surface area contributed by atoms with Crippen LogP contribution in [0.4, 0.5) is 11.4 Å². The van der Waals surface area contributed by atoms with E-state index in [1.54, 1.807) is 0 Å². The summed E-state index contributed by atoms with van der Waals surface area (Å²) in [6.45, 7) is 0. The highest BCUT2D eigenvalue weighted by Crippen LogP contribution is 2.35. The molecule has 2 aromatic carbocycles. The first kappa shape index (κ1) is 13.9. The zero-order valence-electron chi connectivity index (χ0n) is 11.7. The lowest BCUT2D eigenvalue weighted by Crippen LogP contribution is -1.99. The fourth-order valence-corrected chi connectivity index (χ4v) is 3.02. The van der Waals surface area contributed by atoms with Gasteiger partial charge in [-0.15, -0.1) is 12.4 Å². The average molecular weight is 297 g/mol. The standard InChI is InChI=1S/C18H16N2.ClH/c1-2-7-13(8-3-1)19-18-14-9-4-5-11-16(14)20-17-12-6-10-15(17)18;/h1-5,7-9,11H,6,10,12H2,(H,19,20);1H. The molecule has 0 atom stereocenters. The van der Waals surface area contributed by atoms with Crippen LogP contribution in [0, 0.1) is 0 Å². The first-order valence-electron chi connectivity index (χ1n) is 7.14. The molecular weight excluding hydrogens is 280 g/mol. The molecule has 2 nitrogen and oxygen atoms in total. The minimum atomic E-state index is 0. The first-order chi connectivity index (χ1) is 9.92. The molecule has 1 aromatic heterocycles. The van der Waals surface area contributed by atoms with Crippen molar-refractivity contribution >= 4 is 34.7 Å². The molecule has 0 fully saturated rings. The van der Waals surface area contributed by atoms with Crippen LogP contribution in [0.5, 0.6) is 0 Å². The molecule has 1 aliphatic carbocycles. The van der Waals surface area contributed by atoms with Crippen molar-refractivity contribution in [2.75, 3.05) is 5.32 Å². The van der Waals surface area contributed by atoms with Crippen molar-refractivity contribution in [3.63, 3.8) is 0 Å². The van der Waals surface area contributed by atoms with E-state index in [1.165, 1.54) is 28.8 Å². The Hall–Kier alpha value is -2.06. The molecule has 0 radical (unpaired) electrons. The van der Waals surface area contributed by atoms with Crippen LogP contribution in [0.15, 0.2) is 54.6 Å². The van der Waals surface area contributed by atoms with Gasteiger partial charge >= 0.3 is 0 Å². The fraction of sp³-hybridized carbons (Fsp3) is 0.167. The Morgan fingerprint density at radius 3 is 2.48 bits per heavy atom. The Balaban J connectivity index is 0.00000132. The number of hydrogen-bond donors (Lipinski definition) is 1. The number of nitrogens with one attached hydrogen (secondary N) is 1. The molecule has 4 rings (SSSR count). The maximum absolute atomic E-state index is 4.82. The van der Waals surface area contributed by atoms with Gasteiger partial charge in [0.25, 0.3) is 0 Å². The molecule has 0 bridgehead atoms. The fourth-order valence-electron chi connectivity index (χ4n) is 3.02. The number of anilines is 2. The minimum absolute atomic E-state index is 0. The number of aromatic nitrogens is 1. The third-order valence-electron chi connectivity index (χ3n) is 3.96. The highest BCUT2D eigenvalue weighted by atomic mass is 35.5. The molecule has 3 aromatic rings. The van der Waals surface area contributed by atoms with Crippen LogP contribution in [0.2, 0.25) is 0 Å². The molecule has 3 heteroatoms. The van der Waals surface area contributed by atoms with Crippen molar-refractivity contribution < 1.29 is 0 Å². The number of aryl methyl sites for hydroxylation is 1. The van der Waals surface area contributed by atoms with Crippen LogP contribution >= 0.6 is 12.4 Å². The van der Waals surface area contributed by atoms with Gasteiger partial charge < -0.3 is 5.32 Å². The van der Waals surface area contributed by atoms with Gasteiger partial charge in [0.05, 0.1) is 11.2 Å². The molecule has 21 heavy (non-hydrogen) atoms. The van der Waals surface area contributed by atoms with E-state index >= 15 is 0 Å². The monoisotopic (exact) mass is 296 g/mol. The van der Waals surface area contributed by atoms with Crippen LogP contribution in [0.3, 0.4) is 0 Å². The number of hydrogen-bond acceptors (Lipinski definition) is 2. The number of rotatable bonds is 2. The van der Waals surface area contributed by atoms with E-state index in [2.05, 4.69) is 53.8 Å². The summed E-state index contributed by atoms with van der Waals surface area (Å²) in [5.41, 5.74) is 6.13. The predicted octanol–water partition coefficient (Wildman–Crippen LogP) is 4.89. The number of para-hydroxylation sites is 2. The molecule has 1 aliphatic rings. The van der Waals surface area contributed by atoms with Crippen molar-refractivity contribution in [2.24, 2.45) is 0 Å². The summed E-state index contributed by atoms with van der Waals surface area (Å²) >= 11 is 0. The van der Waals surface area contributed by atoms with E-state index in [4.69, 9.17) is 4.98 Å². The van der Waals surface area contributed by atoms with E-state index < -0.39 is 0 Å². The van der Waals surface area contributed by atoms with Crippen molar-refractivity contribution in [3.05, 3.63) is 65.9 Å². The number of benzene rings is 2. The molecule has 0 aliphatic heterocycles. The first-order valence-corrected chi connectivity index (χ1v) is 7.14. The van der Waals surface area contributed by atoms with Crippen molar-refractivity contribution in [3.8, 4) is 0 Å². The summed E-state index contributed by atoms with van der Waals surface area (Å²) in [5, 5.41) is 4.83. The Bertz CT molecular complexity index is 769. The van der Waals surface area contributed by atoms with Crippen LogP contribution in [-0.4, -0.2) is 4.98 Å². The molecule has 106 valence electrons. The summed E-state index contributed by atoms with van der Waals surface area (Å²) in [6.07, 6.45) is 3.44. The van der Waals surface area contributed by atoms with E-state index in [9.17, 15) is 0 Å². The molecule has 1 N–H and O–H groups in total. The van der Waals surface area contributed by atoms with Crippen LogP contribution in [-0.2, 0) is 12.8 Å². The van der Waals surface area contributed by atoms with Gasteiger partial charge in [-0.2, -0.15) is 0 Å². The average Bonchev–Trinajstić information content (AvgIpc) is 2.96. The number of halogens is 1. The minimum Gasteiger partial charge on any atom is -0.355 e. The van der Waals surface area contributed by atoms with Crippen molar-refractivity contribution in [1.82, 2.24) is 4.98 Å². The zero-order chi connectivity index (χ0) is 13.4. The third-order valence-corrected chi connectivity index (χ3v) is 3.96. The SMILES string of the molecule is Cl.c1ccc(Nc2c3c(nc4ccccc24)CCC3)cc1. The quantitative estimate of drug-likeness (QED) is 0.728. The van der Waals surface area contributed by atoms with Gasteiger partial charge in [0.2, 0.25) is 0 Å². The normalized spacial score (nSPS) is 12.8. The van der Waals surface area contributed by atoms with E-state index in [-0.39, 0.29) is 12.4 Å². The Kier molecular flexibility index (Phi) is 3.80. The Morgan fingerprint density at radius 1 is 0.857 bits per heavy atom. The lowest BCUT2D eigenvalue weighted by molar-refractivity contribution is 0.901. The van der Waals surface area contributed by atoms with Gasteiger partial charge in [-0.1, -0.05) is 36.4 Å². The highest BCUT2D eigenvalue weighted by molar-refractivity contribution is 5.95. The summed E-state index contributed by atoms with van der Waals surface area (Å²) in [6, 6.07) is 18.8. The van der Waals surface area contributed by atoms with Gasteiger partial charge in [0.15, 0.2) is 0 Å². The van der Waals surface area contributed by atoms with Gasteiger partial charge in [0, 0.05) is 16.8 Å². The molecule has 0 saturated heterocycles. The number of fused-ring (bicyclic) bond motifs is 2. The largest absolute Gasteiger partial charge is 0.355 e. The molecule has 0 spiro atoms. The van der Waals surface area contributed by atoms with Gasteiger partial charge in [0.1, 0.15) is 0 Å². The maximum atomic E-state index is 4.82. The van der Waals surface area contributed by atoms with Crippen LogP contribution in [0.25, 0.3) is 10.9 Å². The van der Waals surface area contributed by atoms with E-state index in [0.29, 0.717) is 0 Å². The van der Waals surface area contributed by atoms with Gasteiger partial charge in [-0.05, 0) is 43.0 Å². The van der Waals surface area contributed by atoms with Crippen LogP contribution < -0.4 is 5.32 Å². The Labute approximate surface area is 130 Å². The summed E-state index contributed by atoms with van der Waals surface area (Å²) in [5.74, 6) is 0. The second-order valence-corrected chi connectivity index (χ2v) is 5.27. The topological polar surface area (TPSA) is 24.9 Å². The third kappa shape index (κ3) is 2.47. The van der Waals surface area contributed by atoms with Gasteiger partial charge in [-0.25, -0.2) is 0 Å². The van der Waals surface area contributed by atoms with Crippen LogP contribution in [0.1, 0.15) is 17.7 Å².